The maximum Gasteiger partial charge on any atom is 0.405 e. The molecule has 98 valence electrons. The third-order valence-corrected chi connectivity index (χ3v) is 1.50. The molecule has 0 aromatic rings. The third-order valence-electron chi connectivity index (χ3n) is 1.50. The van der Waals surface area contributed by atoms with Crippen LogP contribution in [0.1, 0.15) is 12.8 Å². The second-order valence-corrected chi connectivity index (χ2v) is 3.06. The van der Waals surface area contributed by atoms with Gasteiger partial charge in [0.15, 0.2) is 0 Å². The number of carboxylic acid groups (broad SMARTS) is 1. The monoisotopic (exact) mass is 256 g/mol. The van der Waals surface area contributed by atoms with Gasteiger partial charge in [-0.25, -0.2) is 0 Å². The fraction of sp³-hybridized carbons (Fsp3) is 0.625. The Morgan fingerprint density at radius 1 is 1.00 bits per heavy atom. The van der Waals surface area contributed by atoms with Gasteiger partial charge >= 0.3 is 12.1 Å². The van der Waals surface area contributed by atoms with Gasteiger partial charge in [-0.2, -0.15) is 13.2 Å². The minimum Gasteiger partial charge on any atom is -0.481 e. The van der Waals surface area contributed by atoms with E-state index in [0.29, 0.717) is 0 Å². The first kappa shape index (κ1) is 15.2. The largest absolute Gasteiger partial charge is 0.481 e. The van der Waals surface area contributed by atoms with Gasteiger partial charge in [0.2, 0.25) is 11.8 Å². The summed E-state index contributed by atoms with van der Waals surface area (Å²) >= 11 is 0. The highest BCUT2D eigenvalue weighted by molar-refractivity contribution is 5.86. The molecule has 0 radical (unpaired) electrons. The molecule has 17 heavy (non-hydrogen) atoms. The van der Waals surface area contributed by atoms with E-state index in [1.807, 2.05) is 5.32 Å². The Morgan fingerprint density at radius 3 is 2.06 bits per heavy atom. The molecule has 0 aliphatic rings. The van der Waals surface area contributed by atoms with Crippen molar-refractivity contribution in [1.82, 2.24) is 10.6 Å². The minimum atomic E-state index is -4.51. The lowest BCUT2D eigenvalue weighted by Gasteiger charge is -2.08. The SMILES string of the molecule is O=C(O)CCC(=O)NCC(=O)NCC(F)(F)F. The fourth-order valence-corrected chi connectivity index (χ4v) is 0.749. The first-order valence-electron chi connectivity index (χ1n) is 4.52. The molecule has 0 rings (SSSR count). The van der Waals surface area contributed by atoms with Crippen LogP contribution >= 0.6 is 0 Å². The average molecular weight is 256 g/mol. The second-order valence-electron chi connectivity index (χ2n) is 3.06. The van der Waals surface area contributed by atoms with E-state index < -0.39 is 43.5 Å². The van der Waals surface area contributed by atoms with Crippen molar-refractivity contribution in [2.24, 2.45) is 0 Å². The van der Waals surface area contributed by atoms with Gasteiger partial charge in [0, 0.05) is 6.42 Å². The number of nitrogens with one attached hydrogen (secondary N) is 2. The molecule has 0 saturated carbocycles. The number of rotatable bonds is 6. The Balaban J connectivity index is 3.70. The fourth-order valence-electron chi connectivity index (χ4n) is 0.749. The highest BCUT2D eigenvalue weighted by atomic mass is 19.4. The van der Waals surface area contributed by atoms with Crippen molar-refractivity contribution in [2.45, 2.75) is 19.0 Å². The summed E-state index contributed by atoms with van der Waals surface area (Å²) in [5, 5.41) is 11.8. The maximum atomic E-state index is 11.7. The van der Waals surface area contributed by atoms with Gasteiger partial charge in [-0.1, -0.05) is 0 Å². The number of alkyl halides is 3. The van der Waals surface area contributed by atoms with Gasteiger partial charge in [-0.05, 0) is 0 Å². The first-order chi connectivity index (χ1) is 7.70. The van der Waals surface area contributed by atoms with E-state index in [9.17, 15) is 27.6 Å². The van der Waals surface area contributed by atoms with Crippen molar-refractivity contribution in [3.8, 4) is 0 Å². The molecular formula is C8H11F3N2O4. The molecule has 0 fully saturated rings. The summed E-state index contributed by atoms with van der Waals surface area (Å²) in [7, 11) is 0. The zero-order chi connectivity index (χ0) is 13.5. The van der Waals surface area contributed by atoms with E-state index in [2.05, 4.69) is 0 Å². The molecule has 0 spiro atoms. The van der Waals surface area contributed by atoms with E-state index in [1.54, 1.807) is 5.32 Å². The number of hydrogen-bond donors (Lipinski definition) is 3. The normalized spacial score (nSPS) is 10.8. The molecule has 0 atom stereocenters. The van der Waals surface area contributed by atoms with Crippen LogP contribution < -0.4 is 10.6 Å². The van der Waals surface area contributed by atoms with Crippen LogP contribution in [0.3, 0.4) is 0 Å². The summed E-state index contributed by atoms with van der Waals surface area (Å²) in [5.74, 6) is -2.89. The van der Waals surface area contributed by atoms with Crippen LogP contribution in [0.4, 0.5) is 13.2 Å². The van der Waals surface area contributed by atoms with E-state index in [4.69, 9.17) is 5.11 Å². The van der Waals surface area contributed by atoms with E-state index in [0.717, 1.165) is 0 Å². The maximum absolute atomic E-state index is 11.7. The lowest BCUT2D eigenvalue weighted by Crippen LogP contribution is -2.40. The Bertz CT molecular complexity index is 304. The number of carbonyl (C=O) groups is 3. The molecule has 0 bridgehead atoms. The highest BCUT2D eigenvalue weighted by Gasteiger charge is 2.27. The molecule has 0 aliphatic heterocycles. The van der Waals surface area contributed by atoms with Crippen LogP contribution in [-0.4, -0.2) is 42.2 Å². The number of carboxylic acids is 1. The minimum absolute atomic E-state index is 0.331. The van der Waals surface area contributed by atoms with Crippen molar-refractivity contribution < 1.29 is 32.7 Å². The van der Waals surface area contributed by atoms with Crippen molar-refractivity contribution in [1.29, 1.82) is 0 Å². The van der Waals surface area contributed by atoms with Gasteiger partial charge < -0.3 is 15.7 Å². The zero-order valence-corrected chi connectivity index (χ0v) is 8.63. The summed E-state index contributed by atoms with van der Waals surface area (Å²) in [5.41, 5.74) is 0. The molecule has 0 saturated heterocycles. The van der Waals surface area contributed by atoms with E-state index >= 15 is 0 Å². The summed E-state index contributed by atoms with van der Waals surface area (Å²) in [4.78, 5) is 31.7. The van der Waals surface area contributed by atoms with Gasteiger partial charge in [0.25, 0.3) is 0 Å². The van der Waals surface area contributed by atoms with Crippen molar-refractivity contribution >= 4 is 17.8 Å². The van der Waals surface area contributed by atoms with Crippen LogP contribution in [0.2, 0.25) is 0 Å². The van der Waals surface area contributed by atoms with Crippen LogP contribution in [0.25, 0.3) is 0 Å². The molecule has 0 unspecified atom stereocenters. The standard InChI is InChI=1S/C8H11F3N2O4/c9-8(10,11)4-13-6(15)3-12-5(14)1-2-7(16)17/h1-4H2,(H,12,14)(H,13,15)(H,16,17). The van der Waals surface area contributed by atoms with Crippen LogP contribution in [0, 0.1) is 0 Å². The summed E-state index contributed by atoms with van der Waals surface area (Å²) in [6.45, 7) is -2.09. The molecular weight excluding hydrogens is 245 g/mol. The van der Waals surface area contributed by atoms with Crippen molar-refractivity contribution in [2.75, 3.05) is 13.1 Å². The zero-order valence-electron chi connectivity index (χ0n) is 8.63. The molecule has 0 aromatic heterocycles. The first-order valence-corrected chi connectivity index (χ1v) is 4.52. The van der Waals surface area contributed by atoms with Gasteiger partial charge in [0.05, 0.1) is 13.0 Å². The molecule has 9 heteroatoms. The summed E-state index contributed by atoms with van der Waals surface area (Å²) in [6, 6.07) is 0. The lowest BCUT2D eigenvalue weighted by atomic mass is 10.3. The summed E-state index contributed by atoms with van der Waals surface area (Å²) < 4.78 is 35.0. The quantitative estimate of drug-likeness (QED) is 0.605. The Hall–Kier alpha value is -1.80. The molecule has 0 heterocycles. The lowest BCUT2D eigenvalue weighted by molar-refractivity contribution is -0.139. The predicted molar refractivity (Wildman–Crippen MR) is 48.9 cm³/mol. The number of aliphatic carboxylic acids is 1. The van der Waals surface area contributed by atoms with Crippen molar-refractivity contribution in [3.05, 3.63) is 0 Å². The predicted octanol–water partition coefficient (Wildman–Crippen LogP) is -0.354. The number of hydrogen-bond acceptors (Lipinski definition) is 3. The highest BCUT2D eigenvalue weighted by Crippen LogP contribution is 2.11. The molecule has 0 aromatic carbocycles. The number of carbonyl (C=O) groups excluding carboxylic acids is 2. The number of amides is 2. The van der Waals surface area contributed by atoms with Crippen molar-refractivity contribution in [3.63, 3.8) is 0 Å². The van der Waals surface area contributed by atoms with Gasteiger partial charge in [0.1, 0.15) is 6.54 Å². The Labute approximate surface area is 94.2 Å². The Morgan fingerprint density at radius 2 is 1.59 bits per heavy atom. The van der Waals surface area contributed by atoms with Crippen LogP contribution in [-0.2, 0) is 14.4 Å². The topological polar surface area (TPSA) is 95.5 Å². The van der Waals surface area contributed by atoms with E-state index in [1.165, 1.54) is 0 Å². The third kappa shape index (κ3) is 10.5. The summed E-state index contributed by atoms with van der Waals surface area (Å²) in [6.07, 6.45) is -5.25. The second kappa shape index (κ2) is 6.71. The van der Waals surface area contributed by atoms with Gasteiger partial charge in [-0.15, -0.1) is 0 Å². The molecule has 6 nitrogen and oxygen atoms in total. The molecule has 0 aliphatic carbocycles. The molecule has 3 N–H and O–H groups in total. The number of halogens is 3. The van der Waals surface area contributed by atoms with E-state index in [-0.39, 0.29) is 6.42 Å². The Kier molecular flexibility index (Phi) is 6.00. The smallest absolute Gasteiger partial charge is 0.405 e. The van der Waals surface area contributed by atoms with Gasteiger partial charge in [-0.3, -0.25) is 14.4 Å². The average Bonchev–Trinajstić information content (AvgIpc) is 2.19. The van der Waals surface area contributed by atoms with Crippen LogP contribution in [0.5, 0.6) is 0 Å². The van der Waals surface area contributed by atoms with Crippen LogP contribution in [0.15, 0.2) is 0 Å². The molecule has 2 amide bonds.